The third-order valence-corrected chi connectivity index (χ3v) is 3.48. The molecule has 6 heteroatoms. The van der Waals surface area contributed by atoms with Crippen LogP contribution >= 0.6 is 0 Å². The Morgan fingerprint density at radius 3 is 2.90 bits per heavy atom. The fourth-order valence-corrected chi connectivity index (χ4v) is 2.40. The first-order chi connectivity index (χ1) is 10.2. The molecule has 0 aliphatic heterocycles. The zero-order chi connectivity index (χ0) is 14.8. The molecule has 21 heavy (non-hydrogen) atoms. The third kappa shape index (κ3) is 2.40. The Bertz CT molecular complexity index is 808. The van der Waals surface area contributed by atoms with Crippen LogP contribution in [0.3, 0.4) is 0 Å². The van der Waals surface area contributed by atoms with Crippen LogP contribution in [0.2, 0.25) is 0 Å². The summed E-state index contributed by atoms with van der Waals surface area (Å²) >= 11 is 0. The van der Waals surface area contributed by atoms with E-state index < -0.39 is 0 Å². The molecular formula is C15H16N4O2. The summed E-state index contributed by atoms with van der Waals surface area (Å²) in [4.78, 5) is 17.0. The smallest absolute Gasteiger partial charge is 0.265 e. The molecule has 0 N–H and O–H groups in total. The van der Waals surface area contributed by atoms with E-state index in [1.54, 1.807) is 34.9 Å². The van der Waals surface area contributed by atoms with Crippen LogP contribution in [0.25, 0.3) is 10.9 Å². The van der Waals surface area contributed by atoms with Gasteiger partial charge < -0.3 is 4.74 Å². The summed E-state index contributed by atoms with van der Waals surface area (Å²) in [5.41, 5.74) is 0.541. The maximum atomic E-state index is 12.7. The van der Waals surface area contributed by atoms with Crippen LogP contribution in [0, 0.1) is 0 Å². The van der Waals surface area contributed by atoms with Gasteiger partial charge in [-0.05, 0) is 25.1 Å². The second-order valence-electron chi connectivity index (χ2n) is 4.89. The lowest BCUT2D eigenvalue weighted by atomic mass is 10.2. The molecule has 0 radical (unpaired) electrons. The summed E-state index contributed by atoms with van der Waals surface area (Å²) in [5, 5.41) is 4.67. The van der Waals surface area contributed by atoms with Crippen LogP contribution in [0.1, 0.15) is 13.0 Å². The topological polar surface area (TPSA) is 61.9 Å². The average Bonchev–Trinajstić information content (AvgIpc) is 2.99. The van der Waals surface area contributed by atoms with Crippen molar-refractivity contribution in [2.24, 2.45) is 0 Å². The van der Waals surface area contributed by atoms with E-state index in [2.05, 4.69) is 10.1 Å². The standard InChI is InChI=1S/C15H16N4O2/c1-11(9-18-8-4-7-17-18)19-10-16-12-5-3-6-13(21-2)14(12)15(19)20/h3-8,10-11H,9H2,1-2H3/t11-/m0/s1. The SMILES string of the molecule is COc1cccc2ncn([C@@H](C)Cn3cccn3)c(=O)c12. The van der Waals surface area contributed by atoms with Crippen LogP contribution in [0.4, 0.5) is 0 Å². The Kier molecular flexibility index (Phi) is 3.43. The van der Waals surface area contributed by atoms with Gasteiger partial charge in [-0.15, -0.1) is 0 Å². The highest BCUT2D eigenvalue weighted by Gasteiger charge is 2.13. The molecule has 3 rings (SSSR count). The minimum Gasteiger partial charge on any atom is -0.496 e. The summed E-state index contributed by atoms with van der Waals surface area (Å²) in [7, 11) is 1.55. The predicted octanol–water partition coefficient (Wildman–Crippen LogP) is 1.86. The Labute approximate surface area is 121 Å². The van der Waals surface area contributed by atoms with Gasteiger partial charge in [-0.3, -0.25) is 14.0 Å². The molecule has 3 aromatic rings. The zero-order valence-electron chi connectivity index (χ0n) is 11.9. The number of nitrogens with zero attached hydrogens (tertiary/aromatic N) is 4. The van der Waals surface area contributed by atoms with Crippen molar-refractivity contribution in [2.45, 2.75) is 19.5 Å². The summed E-state index contributed by atoms with van der Waals surface area (Å²) in [6.45, 7) is 2.57. The summed E-state index contributed by atoms with van der Waals surface area (Å²) in [5.74, 6) is 0.547. The molecule has 0 saturated carbocycles. The quantitative estimate of drug-likeness (QED) is 0.733. The molecule has 0 saturated heterocycles. The Morgan fingerprint density at radius 2 is 2.19 bits per heavy atom. The number of ether oxygens (including phenoxy) is 1. The van der Waals surface area contributed by atoms with E-state index in [-0.39, 0.29) is 11.6 Å². The van der Waals surface area contributed by atoms with Gasteiger partial charge in [-0.25, -0.2) is 4.98 Å². The first-order valence-electron chi connectivity index (χ1n) is 6.72. The number of aromatic nitrogens is 4. The van der Waals surface area contributed by atoms with Crippen LogP contribution in [-0.4, -0.2) is 26.4 Å². The second kappa shape index (κ2) is 5.40. The van der Waals surface area contributed by atoms with E-state index in [0.717, 1.165) is 0 Å². The summed E-state index contributed by atoms with van der Waals surface area (Å²) < 4.78 is 8.69. The Balaban J connectivity index is 2.07. The molecule has 2 aromatic heterocycles. The molecule has 0 aliphatic carbocycles. The van der Waals surface area contributed by atoms with E-state index in [1.807, 2.05) is 31.3 Å². The van der Waals surface area contributed by atoms with Crippen LogP contribution in [0.15, 0.2) is 47.8 Å². The van der Waals surface area contributed by atoms with E-state index in [0.29, 0.717) is 23.2 Å². The van der Waals surface area contributed by atoms with E-state index in [1.165, 1.54) is 0 Å². The molecule has 0 bridgehead atoms. The van der Waals surface area contributed by atoms with Crippen molar-refractivity contribution in [1.82, 2.24) is 19.3 Å². The first-order valence-corrected chi connectivity index (χ1v) is 6.72. The van der Waals surface area contributed by atoms with Gasteiger partial charge in [0.25, 0.3) is 5.56 Å². The molecule has 1 atom stereocenters. The molecule has 1 aromatic carbocycles. The van der Waals surface area contributed by atoms with Crippen molar-refractivity contribution in [3.63, 3.8) is 0 Å². The molecule has 0 unspecified atom stereocenters. The zero-order valence-corrected chi connectivity index (χ0v) is 11.9. The monoisotopic (exact) mass is 284 g/mol. The minimum atomic E-state index is -0.0999. The number of hydrogen-bond acceptors (Lipinski definition) is 4. The number of rotatable bonds is 4. The highest BCUT2D eigenvalue weighted by molar-refractivity contribution is 5.83. The molecular weight excluding hydrogens is 268 g/mol. The lowest BCUT2D eigenvalue weighted by Crippen LogP contribution is -2.26. The van der Waals surface area contributed by atoms with Crippen molar-refractivity contribution >= 4 is 10.9 Å². The number of hydrogen-bond donors (Lipinski definition) is 0. The second-order valence-corrected chi connectivity index (χ2v) is 4.89. The molecule has 2 heterocycles. The highest BCUT2D eigenvalue weighted by Crippen LogP contribution is 2.20. The Morgan fingerprint density at radius 1 is 1.33 bits per heavy atom. The van der Waals surface area contributed by atoms with Crippen molar-refractivity contribution in [2.75, 3.05) is 7.11 Å². The van der Waals surface area contributed by atoms with Crippen molar-refractivity contribution in [3.8, 4) is 5.75 Å². The molecule has 0 amide bonds. The van der Waals surface area contributed by atoms with Crippen LogP contribution < -0.4 is 10.3 Å². The molecule has 6 nitrogen and oxygen atoms in total. The fraction of sp³-hybridized carbons (Fsp3) is 0.267. The van der Waals surface area contributed by atoms with Gasteiger partial charge in [0.1, 0.15) is 11.1 Å². The highest BCUT2D eigenvalue weighted by atomic mass is 16.5. The molecule has 0 spiro atoms. The molecule has 0 aliphatic rings. The lowest BCUT2D eigenvalue weighted by Gasteiger charge is -2.16. The minimum absolute atomic E-state index is 0.0563. The van der Waals surface area contributed by atoms with Crippen molar-refractivity contribution in [1.29, 1.82) is 0 Å². The van der Waals surface area contributed by atoms with Crippen LogP contribution in [-0.2, 0) is 6.54 Å². The largest absolute Gasteiger partial charge is 0.496 e. The lowest BCUT2D eigenvalue weighted by molar-refractivity contribution is 0.413. The van der Waals surface area contributed by atoms with Gasteiger partial charge in [-0.1, -0.05) is 6.07 Å². The van der Waals surface area contributed by atoms with Gasteiger partial charge >= 0.3 is 0 Å². The fourth-order valence-electron chi connectivity index (χ4n) is 2.40. The van der Waals surface area contributed by atoms with Gasteiger partial charge in [0.2, 0.25) is 0 Å². The number of methoxy groups -OCH3 is 1. The first kappa shape index (κ1) is 13.4. The van der Waals surface area contributed by atoms with Gasteiger partial charge in [-0.2, -0.15) is 5.10 Å². The van der Waals surface area contributed by atoms with Gasteiger partial charge in [0.15, 0.2) is 0 Å². The van der Waals surface area contributed by atoms with Crippen molar-refractivity contribution in [3.05, 3.63) is 53.3 Å². The van der Waals surface area contributed by atoms with Crippen molar-refractivity contribution < 1.29 is 4.74 Å². The normalized spacial score (nSPS) is 12.5. The molecule has 108 valence electrons. The maximum Gasteiger partial charge on any atom is 0.265 e. The summed E-state index contributed by atoms with van der Waals surface area (Å²) in [6, 6.07) is 7.21. The predicted molar refractivity (Wildman–Crippen MR) is 79.5 cm³/mol. The van der Waals surface area contributed by atoms with E-state index in [4.69, 9.17) is 4.74 Å². The number of benzene rings is 1. The van der Waals surface area contributed by atoms with Gasteiger partial charge in [0.05, 0.1) is 31.5 Å². The van der Waals surface area contributed by atoms with Gasteiger partial charge in [0, 0.05) is 12.4 Å². The maximum absolute atomic E-state index is 12.7. The third-order valence-electron chi connectivity index (χ3n) is 3.48. The Hall–Kier alpha value is -2.63. The average molecular weight is 284 g/mol. The number of fused-ring (bicyclic) bond motifs is 1. The molecule has 0 fully saturated rings. The van der Waals surface area contributed by atoms with E-state index in [9.17, 15) is 4.79 Å². The van der Waals surface area contributed by atoms with Crippen LogP contribution in [0.5, 0.6) is 5.75 Å². The van der Waals surface area contributed by atoms with E-state index >= 15 is 0 Å². The summed E-state index contributed by atoms with van der Waals surface area (Å²) in [6.07, 6.45) is 5.17.